The second-order valence-electron chi connectivity index (χ2n) is 4.88. The Morgan fingerprint density at radius 2 is 1.42 bits per heavy atom. The fraction of sp³-hybridized carbons (Fsp3) is 0.294. The van der Waals surface area contributed by atoms with Gasteiger partial charge in [0, 0.05) is 6.04 Å². The summed E-state index contributed by atoms with van der Waals surface area (Å²) in [4.78, 5) is 0. The van der Waals surface area contributed by atoms with Crippen LogP contribution in [0.2, 0.25) is 0 Å². The first-order valence-corrected chi connectivity index (χ1v) is 6.92. The van der Waals surface area contributed by atoms with Crippen LogP contribution in [-0.2, 0) is 0 Å². The van der Waals surface area contributed by atoms with E-state index < -0.39 is 0 Å². The van der Waals surface area contributed by atoms with E-state index in [0.717, 1.165) is 25.8 Å². The lowest BCUT2D eigenvalue weighted by Gasteiger charge is -2.12. The minimum absolute atomic E-state index is 0.122. The smallest absolute Gasteiger partial charge is 0.0294 e. The summed E-state index contributed by atoms with van der Waals surface area (Å²) in [5.41, 5.74) is 15.4. The van der Waals surface area contributed by atoms with E-state index >= 15 is 0 Å². The van der Waals surface area contributed by atoms with E-state index in [4.69, 9.17) is 11.5 Å². The van der Waals surface area contributed by atoms with Crippen molar-refractivity contribution in [3.05, 3.63) is 60.2 Å². The van der Waals surface area contributed by atoms with Gasteiger partial charge in [0.15, 0.2) is 0 Å². The highest BCUT2D eigenvalue weighted by Crippen LogP contribution is 2.22. The van der Waals surface area contributed by atoms with Gasteiger partial charge in [-0.1, -0.05) is 61.0 Å². The van der Waals surface area contributed by atoms with E-state index in [2.05, 4.69) is 48.5 Å². The van der Waals surface area contributed by atoms with Crippen molar-refractivity contribution in [3.63, 3.8) is 0 Å². The zero-order chi connectivity index (χ0) is 13.5. The zero-order valence-corrected chi connectivity index (χ0v) is 11.3. The van der Waals surface area contributed by atoms with Crippen molar-refractivity contribution in [3.8, 4) is 11.1 Å². The second-order valence-corrected chi connectivity index (χ2v) is 4.88. The molecule has 0 aliphatic heterocycles. The molecule has 100 valence electrons. The predicted molar refractivity (Wildman–Crippen MR) is 81.7 cm³/mol. The molecule has 0 saturated carbocycles. The van der Waals surface area contributed by atoms with Crippen LogP contribution in [0.25, 0.3) is 11.1 Å². The fourth-order valence-electron chi connectivity index (χ4n) is 2.23. The third-order valence-electron chi connectivity index (χ3n) is 3.42. The lowest BCUT2D eigenvalue weighted by atomic mass is 9.98. The molecule has 0 amide bonds. The molecule has 0 bridgehead atoms. The quantitative estimate of drug-likeness (QED) is 0.775. The Labute approximate surface area is 115 Å². The van der Waals surface area contributed by atoms with Crippen LogP contribution in [0.15, 0.2) is 54.6 Å². The van der Waals surface area contributed by atoms with Crippen LogP contribution >= 0.6 is 0 Å². The van der Waals surface area contributed by atoms with E-state index in [1.165, 1.54) is 16.7 Å². The minimum Gasteiger partial charge on any atom is -0.330 e. The highest BCUT2D eigenvalue weighted by Gasteiger charge is 2.05. The van der Waals surface area contributed by atoms with Gasteiger partial charge in [-0.25, -0.2) is 0 Å². The zero-order valence-electron chi connectivity index (χ0n) is 11.3. The molecule has 0 aliphatic rings. The molecule has 4 N–H and O–H groups in total. The van der Waals surface area contributed by atoms with Gasteiger partial charge in [-0.2, -0.15) is 0 Å². The molecule has 0 radical (unpaired) electrons. The summed E-state index contributed by atoms with van der Waals surface area (Å²) in [5.74, 6) is 0. The number of benzene rings is 2. The Balaban J connectivity index is 2.02. The van der Waals surface area contributed by atoms with Gasteiger partial charge in [0.2, 0.25) is 0 Å². The molecular weight excluding hydrogens is 232 g/mol. The van der Waals surface area contributed by atoms with Crippen LogP contribution in [0, 0.1) is 0 Å². The first kappa shape index (κ1) is 13.8. The van der Waals surface area contributed by atoms with E-state index in [1.54, 1.807) is 0 Å². The molecule has 19 heavy (non-hydrogen) atoms. The molecule has 2 rings (SSSR count). The Kier molecular flexibility index (Phi) is 5.13. The normalized spacial score (nSPS) is 12.3. The van der Waals surface area contributed by atoms with Gasteiger partial charge in [0.25, 0.3) is 0 Å². The maximum atomic E-state index is 6.18. The Morgan fingerprint density at radius 1 is 0.789 bits per heavy atom. The molecule has 0 spiro atoms. The number of nitrogens with two attached hydrogens (primary N) is 2. The van der Waals surface area contributed by atoms with Crippen molar-refractivity contribution < 1.29 is 0 Å². The topological polar surface area (TPSA) is 52.0 Å². The van der Waals surface area contributed by atoms with Crippen LogP contribution < -0.4 is 11.5 Å². The molecule has 0 aliphatic carbocycles. The fourth-order valence-corrected chi connectivity index (χ4v) is 2.23. The number of hydrogen-bond acceptors (Lipinski definition) is 2. The van der Waals surface area contributed by atoms with E-state index in [1.807, 2.05) is 6.07 Å². The third kappa shape index (κ3) is 3.91. The molecule has 0 unspecified atom stereocenters. The van der Waals surface area contributed by atoms with Crippen molar-refractivity contribution in [2.75, 3.05) is 6.54 Å². The number of unbranched alkanes of at least 4 members (excludes halogenated alkanes) is 1. The SMILES string of the molecule is NCCCC[C@H](N)c1ccc(-c2ccccc2)cc1. The van der Waals surface area contributed by atoms with Gasteiger partial charge in [0.1, 0.15) is 0 Å². The molecule has 2 aromatic rings. The molecule has 0 heterocycles. The van der Waals surface area contributed by atoms with Gasteiger partial charge < -0.3 is 11.5 Å². The third-order valence-corrected chi connectivity index (χ3v) is 3.42. The van der Waals surface area contributed by atoms with Crippen molar-refractivity contribution in [2.24, 2.45) is 11.5 Å². The summed E-state index contributed by atoms with van der Waals surface area (Å²) in [6.07, 6.45) is 3.15. The highest BCUT2D eigenvalue weighted by molar-refractivity contribution is 5.63. The standard InChI is InChI=1S/C17H22N2/c18-13-5-4-8-17(19)16-11-9-15(10-12-16)14-6-2-1-3-7-14/h1-3,6-7,9-12,17H,4-5,8,13,18-19H2/t17-/m0/s1. The number of rotatable bonds is 6. The summed E-state index contributed by atoms with van der Waals surface area (Å²) >= 11 is 0. The van der Waals surface area contributed by atoms with E-state index in [-0.39, 0.29) is 6.04 Å². The monoisotopic (exact) mass is 254 g/mol. The average molecular weight is 254 g/mol. The van der Waals surface area contributed by atoms with Gasteiger partial charge >= 0.3 is 0 Å². The first-order chi connectivity index (χ1) is 9.31. The van der Waals surface area contributed by atoms with Crippen molar-refractivity contribution >= 4 is 0 Å². The van der Waals surface area contributed by atoms with Crippen LogP contribution in [0.5, 0.6) is 0 Å². The maximum absolute atomic E-state index is 6.18. The number of hydrogen-bond donors (Lipinski definition) is 2. The summed E-state index contributed by atoms with van der Waals surface area (Å²) in [7, 11) is 0. The average Bonchev–Trinajstić information content (AvgIpc) is 2.48. The summed E-state index contributed by atoms with van der Waals surface area (Å²) in [6, 6.07) is 19.1. The van der Waals surface area contributed by atoms with Crippen molar-refractivity contribution in [1.29, 1.82) is 0 Å². The Hall–Kier alpha value is -1.64. The first-order valence-electron chi connectivity index (χ1n) is 6.92. The summed E-state index contributed by atoms with van der Waals surface area (Å²) in [5, 5.41) is 0. The van der Waals surface area contributed by atoms with E-state index in [0.29, 0.717) is 0 Å². The Morgan fingerprint density at radius 3 is 2.05 bits per heavy atom. The summed E-state index contributed by atoms with van der Waals surface area (Å²) < 4.78 is 0. The lowest BCUT2D eigenvalue weighted by molar-refractivity contribution is 0.591. The van der Waals surface area contributed by atoms with E-state index in [9.17, 15) is 0 Å². The second kappa shape index (κ2) is 7.07. The van der Waals surface area contributed by atoms with Crippen LogP contribution in [0.3, 0.4) is 0 Å². The van der Waals surface area contributed by atoms with Crippen LogP contribution in [0.1, 0.15) is 30.9 Å². The summed E-state index contributed by atoms with van der Waals surface area (Å²) in [6.45, 7) is 0.750. The molecule has 2 nitrogen and oxygen atoms in total. The van der Waals surface area contributed by atoms with Crippen molar-refractivity contribution in [1.82, 2.24) is 0 Å². The molecular formula is C17H22N2. The molecule has 2 aromatic carbocycles. The maximum Gasteiger partial charge on any atom is 0.0294 e. The predicted octanol–water partition coefficient (Wildman–Crippen LogP) is 3.48. The van der Waals surface area contributed by atoms with Crippen molar-refractivity contribution in [2.45, 2.75) is 25.3 Å². The van der Waals surface area contributed by atoms with Gasteiger partial charge in [-0.3, -0.25) is 0 Å². The molecule has 0 saturated heterocycles. The van der Waals surface area contributed by atoms with Gasteiger partial charge in [0.05, 0.1) is 0 Å². The largest absolute Gasteiger partial charge is 0.330 e. The molecule has 1 atom stereocenters. The molecule has 2 heteroatoms. The van der Waals surface area contributed by atoms with Gasteiger partial charge in [-0.15, -0.1) is 0 Å². The molecule has 0 aromatic heterocycles. The minimum atomic E-state index is 0.122. The lowest BCUT2D eigenvalue weighted by Crippen LogP contribution is -2.10. The Bertz CT molecular complexity index is 476. The van der Waals surface area contributed by atoms with Crippen LogP contribution in [0.4, 0.5) is 0 Å². The highest BCUT2D eigenvalue weighted by atomic mass is 14.6. The van der Waals surface area contributed by atoms with Gasteiger partial charge in [-0.05, 0) is 36.1 Å². The van der Waals surface area contributed by atoms with Crippen LogP contribution in [-0.4, -0.2) is 6.54 Å². The molecule has 0 fully saturated rings.